The highest BCUT2D eigenvalue weighted by Gasteiger charge is 2.22. The zero-order valence-electron chi connectivity index (χ0n) is 8.07. The van der Waals surface area contributed by atoms with Gasteiger partial charge in [0, 0.05) is 5.92 Å². The Kier molecular flexibility index (Phi) is 2.38. The summed E-state index contributed by atoms with van der Waals surface area (Å²) in [4.78, 5) is 0. The summed E-state index contributed by atoms with van der Waals surface area (Å²) in [6, 6.07) is 5.01. The average Bonchev–Trinajstić information content (AvgIpc) is 2.57. The van der Waals surface area contributed by atoms with E-state index in [0.29, 0.717) is 12.0 Å². The summed E-state index contributed by atoms with van der Waals surface area (Å²) in [5.41, 5.74) is 1.63. The molecule has 0 saturated heterocycles. The zero-order chi connectivity index (χ0) is 10.1. The SMILES string of the molecule is Cc1cc(C2C=CCC2O)ccc1F. The number of hydrogen-bond donors (Lipinski definition) is 1. The number of benzene rings is 1. The number of aliphatic hydroxyl groups is 1. The van der Waals surface area contributed by atoms with Gasteiger partial charge in [-0.25, -0.2) is 4.39 Å². The highest BCUT2D eigenvalue weighted by atomic mass is 19.1. The van der Waals surface area contributed by atoms with E-state index in [9.17, 15) is 9.50 Å². The maximum atomic E-state index is 13.0. The minimum Gasteiger partial charge on any atom is -0.392 e. The molecule has 1 aliphatic carbocycles. The molecule has 0 radical (unpaired) electrons. The molecule has 0 fully saturated rings. The molecule has 1 nitrogen and oxygen atoms in total. The fraction of sp³-hybridized carbons (Fsp3) is 0.333. The first kappa shape index (κ1) is 9.41. The molecule has 0 spiro atoms. The fourth-order valence-corrected chi connectivity index (χ4v) is 1.85. The van der Waals surface area contributed by atoms with Crippen LogP contribution in [0, 0.1) is 12.7 Å². The molecule has 1 aromatic carbocycles. The molecule has 2 atom stereocenters. The van der Waals surface area contributed by atoms with Crippen LogP contribution in [0.25, 0.3) is 0 Å². The van der Waals surface area contributed by atoms with Crippen molar-refractivity contribution >= 4 is 0 Å². The Hall–Kier alpha value is -1.15. The summed E-state index contributed by atoms with van der Waals surface area (Å²) < 4.78 is 13.0. The lowest BCUT2D eigenvalue weighted by Gasteiger charge is -2.14. The van der Waals surface area contributed by atoms with Crippen LogP contribution < -0.4 is 0 Å². The van der Waals surface area contributed by atoms with Gasteiger partial charge in [0.25, 0.3) is 0 Å². The first-order valence-electron chi connectivity index (χ1n) is 4.79. The Bertz CT molecular complexity index is 371. The maximum absolute atomic E-state index is 13.0. The van der Waals surface area contributed by atoms with Gasteiger partial charge in [0.05, 0.1) is 6.10 Å². The molecule has 0 saturated carbocycles. The molecular weight excluding hydrogens is 179 g/mol. The van der Waals surface area contributed by atoms with Crippen LogP contribution >= 0.6 is 0 Å². The van der Waals surface area contributed by atoms with Gasteiger partial charge in [-0.3, -0.25) is 0 Å². The summed E-state index contributed by atoms with van der Waals surface area (Å²) in [6.07, 6.45) is 4.30. The van der Waals surface area contributed by atoms with Crippen molar-refractivity contribution in [2.24, 2.45) is 0 Å². The molecule has 14 heavy (non-hydrogen) atoms. The molecule has 74 valence electrons. The van der Waals surface area contributed by atoms with Crippen molar-refractivity contribution in [3.05, 3.63) is 47.3 Å². The number of hydrogen-bond acceptors (Lipinski definition) is 1. The van der Waals surface area contributed by atoms with Crippen molar-refractivity contribution in [1.82, 2.24) is 0 Å². The van der Waals surface area contributed by atoms with Crippen LogP contribution in [0.3, 0.4) is 0 Å². The Morgan fingerprint density at radius 1 is 1.43 bits per heavy atom. The van der Waals surface area contributed by atoms with Crippen LogP contribution in [-0.4, -0.2) is 11.2 Å². The van der Waals surface area contributed by atoms with Crippen molar-refractivity contribution in [2.45, 2.75) is 25.4 Å². The van der Waals surface area contributed by atoms with E-state index in [1.54, 1.807) is 19.1 Å². The summed E-state index contributed by atoms with van der Waals surface area (Å²) in [5.74, 6) is -0.153. The van der Waals surface area contributed by atoms with Gasteiger partial charge in [0.1, 0.15) is 5.82 Å². The van der Waals surface area contributed by atoms with Crippen molar-refractivity contribution < 1.29 is 9.50 Å². The van der Waals surface area contributed by atoms with E-state index in [1.807, 2.05) is 12.2 Å². The minimum absolute atomic E-state index is 0.0364. The van der Waals surface area contributed by atoms with Gasteiger partial charge in [0.15, 0.2) is 0 Å². The molecule has 0 amide bonds. The van der Waals surface area contributed by atoms with Crippen LogP contribution in [0.1, 0.15) is 23.5 Å². The number of aliphatic hydroxyl groups excluding tert-OH is 1. The maximum Gasteiger partial charge on any atom is 0.126 e. The second kappa shape index (κ2) is 3.54. The largest absolute Gasteiger partial charge is 0.392 e. The summed E-state index contributed by atoms with van der Waals surface area (Å²) in [7, 11) is 0. The summed E-state index contributed by atoms with van der Waals surface area (Å²) in [5, 5.41) is 9.65. The first-order chi connectivity index (χ1) is 6.68. The molecule has 0 aliphatic heterocycles. The monoisotopic (exact) mass is 192 g/mol. The Morgan fingerprint density at radius 3 is 2.79 bits per heavy atom. The molecular formula is C12H13FO. The first-order valence-corrected chi connectivity index (χ1v) is 4.79. The van der Waals surface area contributed by atoms with Crippen LogP contribution in [0.4, 0.5) is 4.39 Å². The highest BCUT2D eigenvalue weighted by Crippen LogP contribution is 2.29. The molecule has 2 rings (SSSR count). The normalized spacial score (nSPS) is 25.6. The Labute approximate surface area is 82.9 Å². The van der Waals surface area contributed by atoms with Gasteiger partial charge in [-0.1, -0.05) is 24.3 Å². The smallest absolute Gasteiger partial charge is 0.126 e. The molecule has 0 heterocycles. The van der Waals surface area contributed by atoms with E-state index in [4.69, 9.17) is 0 Å². The molecule has 1 N–H and O–H groups in total. The molecule has 1 aromatic rings. The van der Waals surface area contributed by atoms with Crippen LogP contribution in [0.15, 0.2) is 30.4 Å². The van der Waals surface area contributed by atoms with E-state index < -0.39 is 0 Å². The van der Waals surface area contributed by atoms with Crippen molar-refractivity contribution in [3.63, 3.8) is 0 Å². The lowest BCUT2D eigenvalue weighted by Crippen LogP contribution is -2.11. The Morgan fingerprint density at radius 2 is 2.21 bits per heavy atom. The van der Waals surface area contributed by atoms with E-state index >= 15 is 0 Å². The van der Waals surface area contributed by atoms with Gasteiger partial charge in [-0.15, -0.1) is 0 Å². The lowest BCUT2D eigenvalue weighted by molar-refractivity contribution is 0.171. The number of rotatable bonds is 1. The second-order valence-electron chi connectivity index (χ2n) is 3.77. The standard InChI is InChI=1S/C12H13FO/c1-8-7-9(5-6-11(8)13)10-3-2-4-12(10)14/h2-3,5-7,10,12,14H,4H2,1H3. The van der Waals surface area contributed by atoms with Gasteiger partial charge >= 0.3 is 0 Å². The minimum atomic E-state index is -0.347. The predicted octanol–water partition coefficient (Wildman–Crippen LogP) is 2.54. The predicted molar refractivity (Wildman–Crippen MR) is 53.6 cm³/mol. The third-order valence-corrected chi connectivity index (χ3v) is 2.70. The molecule has 2 heteroatoms. The number of halogens is 1. The van der Waals surface area contributed by atoms with Gasteiger partial charge in [-0.2, -0.15) is 0 Å². The van der Waals surface area contributed by atoms with E-state index in [-0.39, 0.29) is 17.8 Å². The molecule has 0 bridgehead atoms. The van der Waals surface area contributed by atoms with Gasteiger partial charge < -0.3 is 5.11 Å². The number of aryl methyl sites for hydroxylation is 1. The van der Waals surface area contributed by atoms with Crippen LogP contribution in [0.2, 0.25) is 0 Å². The molecule has 0 aromatic heterocycles. The third kappa shape index (κ3) is 1.58. The van der Waals surface area contributed by atoms with E-state index in [0.717, 1.165) is 5.56 Å². The molecule has 1 aliphatic rings. The van der Waals surface area contributed by atoms with Crippen LogP contribution in [-0.2, 0) is 0 Å². The van der Waals surface area contributed by atoms with E-state index in [1.165, 1.54) is 6.07 Å². The zero-order valence-corrected chi connectivity index (χ0v) is 8.07. The second-order valence-corrected chi connectivity index (χ2v) is 3.77. The van der Waals surface area contributed by atoms with Gasteiger partial charge in [-0.05, 0) is 30.5 Å². The summed E-state index contributed by atoms with van der Waals surface area (Å²) in [6.45, 7) is 1.74. The average molecular weight is 192 g/mol. The third-order valence-electron chi connectivity index (χ3n) is 2.70. The highest BCUT2D eigenvalue weighted by molar-refractivity contribution is 5.32. The molecule has 2 unspecified atom stereocenters. The van der Waals surface area contributed by atoms with Crippen molar-refractivity contribution in [3.8, 4) is 0 Å². The van der Waals surface area contributed by atoms with Crippen molar-refractivity contribution in [2.75, 3.05) is 0 Å². The lowest BCUT2D eigenvalue weighted by atomic mass is 9.95. The fourth-order valence-electron chi connectivity index (χ4n) is 1.85. The van der Waals surface area contributed by atoms with E-state index in [2.05, 4.69) is 0 Å². The Balaban J connectivity index is 2.32. The van der Waals surface area contributed by atoms with Crippen LogP contribution in [0.5, 0.6) is 0 Å². The quantitative estimate of drug-likeness (QED) is 0.678. The van der Waals surface area contributed by atoms with Crippen molar-refractivity contribution in [1.29, 1.82) is 0 Å². The summed E-state index contributed by atoms with van der Waals surface area (Å²) >= 11 is 0. The van der Waals surface area contributed by atoms with Gasteiger partial charge in [0.2, 0.25) is 0 Å². The topological polar surface area (TPSA) is 20.2 Å².